The van der Waals surface area contributed by atoms with E-state index in [1.165, 1.54) is 0 Å². The molecule has 0 saturated heterocycles. The lowest BCUT2D eigenvalue weighted by atomic mass is 10.1. The molecular formula is C19H26N4O2. The Morgan fingerprint density at radius 2 is 2.12 bits per heavy atom. The number of amides is 2. The summed E-state index contributed by atoms with van der Waals surface area (Å²) in [4.78, 5) is 13.8. The number of aromatic nitrogens is 2. The Hall–Kier alpha value is -2.34. The number of aryl methyl sites for hydroxylation is 2. The van der Waals surface area contributed by atoms with Crippen LogP contribution in [0.1, 0.15) is 29.8 Å². The zero-order valence-electron chi connectivity index (χ0n) is 15.1. The summed E-state index contributed by atoms with van der Waals surface area (Å²) in [5.74, 6) is 0.363. The van der Waals surface area contributed by atoms with Crippen molar-refractivity contribution in [1.82, 2.24) is 20.0 Å². The summed E-state index contributed by atoms with van der Waals surface area (Å²) >= 11 is 0. The minimum Gasteiger partial charge on any atom is -0.391 e. The van der Waals surface area contributed by atoms with Crippen LogP contribution in [0, 0.1) is 19.8 Å². The van der Waals surface area contributed by atoms with E-state index in [0.29, 0.717) is 19.0 Å². The van der Waals surface area contributed by atoms with E-state index >= 15 is 0 Å². The average Bonchev–Trinajstić information content (AvgIpc) is 3.38. The van der Waals surface area contributed by atoms with Crippen LogP contribution >= 0.6 is 0 Å². The second-order valence-electron chi connectivity index (χ2n) is 6.91. The van der Waals surface area contributed by atoms with Gasteiger partial charge in [0, 0.05) is 25.8 Å². The molecule has 1 aromatic carbocycles. The number of urea groups is 1. The van der Waals surface area contributed by atoms with E-state index < -0.39 is 6.10 Å². The Labute approximate surface area is 148 Å². The Morgan fingerprint density at radius 1 is 1.40 bits per heavy atom. The SMILES string of the molecule is Cc1cc(C)n(-c2ccccc2CNC(=O)N(C)CC(O)C2CC2)n1. The molecule has 3 rings (SSSR count). The van der Waals surface area contributed by atoms with Gasteiger partial charge in [0.1, 0.15) is 0 Å². The molecule has 1 fully saturated rings. The average molecular weight is 342 g/mol. The van der Waals surface area contributed by atoms with Crippen LogP contribution in [-0.4, -0.2) is 45.5 Å². The van der Waals surface area contributed by atoms with Gasteiger partial charge < -0.3 is 15.3 Å². The molecule has 0 spiro atoms. The fraction of sp³-hybridized carbons (Fsp3) is 0.474. The maximum atomic E-state index is 12.3. The smallest absolute Gasteiger partial charge is 0.317 e. The van der Waals surface area contributed by atoms with Crippen molar-refractivity contribution < 1.29 is 9.90 Å². The predicted octanol–water partition coefficient (Wildman–Crippen LogP) is 2.40. The van der Waals surface area contributed by atoms with Crippen molar-refractivity contribution >= 4 is 6.03 Å². The van der Waals surface area contributed by atoms with Gasteiger partial charge in [-0.2, -0.15) is 5.10 Å². The lowest BCUT2D eigenvalue weighted by Crippen LogP contribution is -2.41. The van der Waals surface area contributed by atoms with Gasteiger partial charge in [-0.3, -0.25) is 0 Å². The fourth-order valence-corrected chi connectivity index (χ4v) is 3.04. The number of hydrogen-bond acceptors (Lipinski definition) is 3. The summed E-state index contributed by atoms with van der Waals surface area (Å²) in [7, 11) is 1.72. The van der Waals surface area contributed by atoms with Crippen molar-refractivity contribution in [3.8, 4) is 5.69 Å². The molecule has 1 heterocycles. The largest absolute Gasteiger partial charge is 0.391 e. The van der Waals surface area contributed by atoms with Crippen molar-refractivity contribution in [1.29, 1.82) is 0 Å². The van der Waals surface area contributed by atoms with Crippen LogP contribution in [-0.2, 0) is 6.54 Å². The third kappa shape index (κ3) is 4.20. The summed E-state index contributed by atoms with van der Waals surface area (Å²) in [6.07, 6.45) is 1.71. The van der Waals surface area contributed by atoms with Gasteiger partial charge in [0.05, 0.1) is 17.5 Å². The zero-order chi connectivity index (χ0) is 18.0. The lowest BCUT2D eigenvalue weighted by molar-refractivity contribution is 0.113. The quantitative estimate of drug-likeness (QED) is 0.847. The molecule has 1 unspecified atom stereocenters. The molecule has 0 radical (unpaired) electrons. The first kappa shape index (κ1) is 17.5. The van der Waals surface area contributed by atoms with Gasteiger partial charge in [0.25, 0.3) is 0 Å². The standard InChI is InChI=1S/C19H26N4O2/c1-13-10-14(2)23(21-13)17-7-5-4-6-16(17)11-20-19(25)22(3)12-18(24)15-8-9-15/h4-7,10,15,18,24H,8-9,11-12H2,1-3H3,(H,20,25). The first-order valence-electron chi connectivity index (χ1n) is 8.74. The molecular weight excluding hydrogens is 316 g/mol. The second kappa shape index (κ2) is 7.27. The number of benzene rings is 1. The van der Waals surface area contributed by atoms with Gasteiger partial charge >= 0.3 is 6.03 Å². The van der Waals surface area contributed by atoms with Crippen LogP contribution in [0.5, 0.6) is 0 Å². The monoisotopic (exact) mass is 342 g/mol. The van der Waals surface area contributed by atoms with Gasteiger partial charge in [0.2, 0.25) is 0 Å². The molecule has 1 atom stereocenters. The Kier molecular flexibility index (Phi) is 5.08. The van der Waals surface area contributed by atoms with Crippen LogP contribution in [0.15, 0.2) is 30.3 Å². The third-order valence-electron chi connectivity index (χ3n) is 4.63. The summed E-state index contributed by atoms with van der Waals surface area (Å²) in [5.41, 5.74) is 3.98. The van der Waals surface area contributed by atoms with Crippen molar-refractivity contribution in [2.75, 3.05) is 13.6 Å². The van der Waals surface area contributed by atoms with Crippen molar-refractivity contribution in [2.24, 2.45) is 5.92 Å². The molecule has 6 heteroatoms. The molecule has 25 heavy (non-hydrogen) atoms. The molecule has 2 N–H and O–H groups in total. The highest BCUT2D eigenvalue weighted by molar-refractivity contribution is 5.74. The van der Waals surface area contributed by atoms with Crippen molar-refractivity contribution in [3.05, 3.63) is 47.3 Å². The summed E-state index contributed by atoms with van der Waals surface area (Å²) in [6.45, 7) is 4.77. The fourth-order valence-electron chi connectivity index (χ4n) is 3.04. The van der Waals surface area contributed by atoms with Crippen LogP contribution in [0.2, 0.25) is 0 Å². The number of nitrogens with one attached hydrogen (secondary N) is 1. The van der Waals surface area contributed by atoms with Gasteiger partial charge in [-0.25, -0.2) is 9.48 Å². The molecule has 134 valence electrons. The number of aliphatic hydroxyl groups excluding tert-OH is 1. The highest BCUT2D eigenvalue weighted by atomic mass is 16.3. The molecule has 1 aliphatic rings. The van der Waals surface area contributed by atoms with Gasteiger partial charge in [-0.15, -0.1) is 0 Å². The highest BCUT2D eigenvalue weighted by Crippen LogP contribution is 2.32. The Morgan fingerprint density at radius 3 is 2.76 bits per heavy atom. The molecule has 0 bridgehead atoms. The third-order valence-corrected chi connectivity index (χ3v) is 4.63. The number of likely N-dealkylation sites (N-methyl/N-ethyl adjacent to an activating group) is 1. The highest BCUT2D eigenvalue weighted by Gasteiger charge is 2.31. The van der Waals surface area contributed by atoms with Crippen LogP contribution in [0.3, 0.4) is 0 Å². The van der Waals surface area contributed by atoms with E-state index in [2.05, 4.69) is 10.4 Å². The number of aliphatic hydroxyl groups is 1. The maximum Gasteiger partial charge on any atom is 0.317 e. The summed E-state index contributed by atoms with van der Waals surface area (Å²) < 4.78 is 1.90. The van der Waals surface area contributed by atoms with Gasteiger partial charge in [0.15, 0.2) is 0 Å². The summed E-state index contributed by atoms with van der Waals surface area (Å²) in [6, 6.07) is 9.77. The van der Waals surface area contributed by atoms with E-state index in [0.717, 1.165) is 35.5 Å². The molecule has 1 aliphatic carbocycles. The van der Waals surface area contributed by atoms with Crippen LogP contribution < -0.4 is 5.32 Å². The lowest BCUT2D eigenvalue weighted by Gasteiger charge is -2.21. The number of para-hydroxylation sites is 1. The van der Waals surface area contributed by atoms with Crippen molar-refractivity contribution in [3.63, 3.8) is 0 Å². The van der Waals surface area contributed by atoms with Gasteiger partial charge in [-0.05, 0) is 50.3 Å². The van der Waals surface area contributed by atoms with E-state index in [9.17, 15) is 9.90 Å². The molecule has 2 amide bonds. The Balaban J connectivity index is 1.65. The number of carbonyl (C=O) groups excluding carboxylic acids is 1. The normalized spacial score (nSPS) is 15.0. The molecule has 1 saturated carbocycles. The van der Waals surface area contributed by atoms with E-state index in [1.807, 2.05) is 48.9 Å². The molecule has 1 aromatic heterocycles. The second-order valence-corrected chi connectivity index (χ2v) is 6.91. The zero-order valence-corrected chi connectivity index (χ0v) is 15.1. The first-order valence-corrected chi connectivity index (χ1v) is 8.74. The number of carbonyl (C=O) groups is 1. The Bertz CT molecular complexity index is 752. The van der Waals surface area contributed by atoms with E-state index in [4.69, 9.17) is 0 Å². The minimum absolute atomic E-state index is 0.178. The van der Waals surface area contributed by atoms with Gasteiger partial charge in [-0.1, -0.05) is 18.2 Å². The minimum atomic E-state index is -0.419. The maximum absolute atomic E-state index is 12.3. The van der Waals surface area contributed by atoms with Crippen LogP contribution in [0.25, 0.3) is 5.69 Å². The van der Waals surface area contributed by atoms with E-state index in [-0.39, 0.29) is 6.03 Å². The topological polar surface area (TPSA) is 70.4 Å². The number of hydrogen-bond donors (Lipinski definition) is 2. The van der Waals surface area contributed by atoms with Crippen molar-refractivity contribution in [2.45, 2.75) is 39.3 Å². The number of rotatable bonds is 6. The molecule has 6 nitrogen and oxygen atoms in total. The summed E-state index contributed by atoms with van der Waals surface area (Å²) in [5, 5.41) is 17.5. The number of nitrogens with zero attached hydrogens (tertiary/aromatic N) is 3. The molecule has 2 aromatic rings. The predicted molar refractivity (Wildman–Crippen MR) is 96.6 cm³/mol. The first-order chi connectivity index (χ1) is 12.0. The van der Waals surface area contributed by atoms with Crippen LogP contribution in [0.4, 0.5) is 4.79 Å². The molecule has 0 aliphatic heterocycles. The van der Waals surface area contributed by atoms with E-state index in [1.54, 1.807) is 11.9 Å².